The van der Waals surface area contributed by atoms with Crippen LogP contribution in [0.15, 0.2) is 54.4 Å². The van der Waals surface area contributed by atoms with Crippen LogP contribution in [0.5, 0.6) is 0 Å². The van der Waals surface area contributed by atoms with Crippen LogP contribution in [-0.2, 0) is 9.53 Å². The number of ether oxygens (including phenoxy) is 1. The smallest absolute Gasteiger partial charge is 0.336 e. The molecule has 1 heterocycles. The summed E-state index contributed by atoms with van der Waals surface area (Å²) in [5.74, 6) is -0.333. The molecule has 0 aromatic heterocycles. The molecule has 1 aliphatic heterocycles. The second kappa shape index (κ2) is 4.66. The van der Waals surface area contributed by atoms with Gasteiger partial charge in [-0.3, -0.25) is 0 Å². The minimum atomic E-state index is -0.300. The van der Waals surface area contributed by atoms with E-state index in [0.717, 1.165) is 5.56 Å². The molecule has 2 rings (SSSR count). The third-order valence-corrected chi connectivity index (χ3v) is 2.54. The van der Waals surface area contributed by atoms with Crippen molar-refractivity contribution in [1.29, 1.82) is 0 Å². The first-order valence-electron chi connectivity index (χ1n) is 5.09. The van der Waals surface area contributed by atoms with Gasteiger partial charge < -0.3 is 10.1 Å². The van der Waals surface area contributed by atoms with Gasteiger partial charge in [0, 0.05) is 12.1 Å². The van der Waals surface area contributed by atoms with Crippen molar-refractivity contribution in [3.8, 4) is 0 Å². The molecule has 0 saturated carbocycles. The van der Waals surface area contributed by atoms with Gasteiger partial charge in [0.1, 0.15) is 0 Å². The van der Waals surface area contributed by atoms with Crippen molar-refractivity contribution in [2.45, 2.75) is 5.92 Å². The number of carbonyl (C=O) groups is 1. The van der Waals surface area contributed by atoms with Crippen molar-refractivity contribution in [2.75, 3.05) is 7.11 Å². The van der Waals surface area contributed by atoms with Gasteiger partial charge in [0.25, 0.3) is 0 Å². The lowest BCUT2D eigenvalue weighted by molar-refractivity contribution is -0.136. The van der Waals surface area contributed by atoms with Crippen molar-refractivity contribution < 1.29 is 9.53 Å². The topological polar surface area (TPSA) is 38.3 Å². The van der Waals surface area contributed by atoms with Crippen LogP contribution in [0.1, 0.15) is 11.5 Å². The van der Waals surface area contributed by atoms with Crippen molar-refractivity contribution in [2.24, 2.45) is 0 Å². The van der Waals surface area contributed by atoms with Gasteiger partial charge in [-0.25, -0.2) is 4.79 Å². The van der Waals surface area contributed by atoms with Crippen LogP contribution >= 0.6 is 0 Å². The Morgan fingerprint density at radius 2 is 2.06 bits per heavy atom. The molecule has 1 aromatic carbocycles. The number of benzene rings is 1. The van der Waals surface area contributed by atoms with Gasteiger partial charge in [0.15, 0.2) is 0 Å². The molecule has 0 fully saturated rings. The molecule has 0 amide bonds. The van der Waals surface area contributed by atoms with Crippen molar-refractivity contribution in [1.82, 2.24) is 5.32 Å². The normalized spacial score (nSPS) is 18.6. The molecule has 0 aliphatic carbocycles. The van der Waals surface area contributed by atoms with Crippen molar-refractivity contribution in [3.05, 3.63) is 59.9 Å². The van der Waals surface area contributed by atoms with Crippen LogP contribution in [-0.4, -0.2) is 13.1 Å². The Kier molecular flexibility index (Phi) is 3.05. The van der Waals surface area contributed by atoms with E-state index in [9.17, 15) is 4.79 Å². The summed E-state index contributed by atoms with van der Waals surface area (Å²) in [6, 6.07) is 9.87. The molecule has 1 aromatic rings. The molecule has 16 heavy (non-hydrogen) atoms. The molecule has 0 unspecified atom stereocenters. The highest BCUT2D eigenvalue weighted by atomic mass is 16.5. The Bertz CT molecular complexity index is 435. The number of methoxy groups -OCH3 is 1. The minimum Gasteiger partial charge on any atom is -0.466 e. The van der Waals surface area contributed by atoms with E-state index < -0.39 is 0 Å². The Balaban J connectivity index is 2.32. The molecular formula is C13H13NO2. The summed E-state index contributed by atoms with van der Waals surface area (Å²) in [6.45, 7) is 0. The highest BCUT2D eigenvalue weighted by Gasteiger charge is 2.22. The van der Waals surface area contributed by atoms with E-state index in [1.807, 2.05) is 42.6 Å². The van der Waals surface area contributed by atoms with Gasteiger partial charge >= 0.3 is 5.97 Å². The van der Waals surface area contributed by atoms with Crippen molar-refractivity contribution in [3.63, 3.8) is 0 Å². The van der Waals surface area contributed by atoms with Gasteiger partial charge in [-0.05, 0) is 11.8 Å². The summed E-state index contributed by atoms with van der Waals surface area (Å²) in [4.78, 5) is 11.6. The van der Waals surface area contributed by atoms with Gasteiger partial charge in [0.2, 0.25) is 0 Å². The first-order valence-corrected chi connectivity index (χ1v) is 5.09. The van der Waals surface area contributed by atoms with Crippen LogP contribution in [0.4, 0.5) is 0 Å². The Morgan fingerprint density at radius 3 is 2.75 bits per heavy atom. The second-order valence-electron chi connectivity index (χ2n) is 3.51. The van der Waals surface area contributed by atoms with E-state index >= 15 is 0 Å². The van der Waals surface area contributed by atoms with Crippen LogP contribution in [0.25, 0.3) is 0 Å². The van der Waals surface area contributed by atoms with Crippen LogP contribution in [0.3, 0.4) is 0 Å². The number of carbonyl (C=O) groups excluding carboxylic acids is 1. The van der Waals surface area contributed by atoms with Crippen LogP contribution in [0.2, 0.25) is 0 Å². The SMILES string of the molecule is COC(=O)C1=CNC=C[C@@H]1c1ccccc1. The first-order chi connectivity index (χ1) is 7.83. The highest BCUT2D eigenvalue weighted by Crippen LogP contribution is 2.27. The van der Waals surface area contributed by atoms with Crippen LogP contribution < -0.4 is 5.32 Å². The molecule has 3 heteroatoms. The van der Waals surface area contributed by atoms with Gasteiger partial charge in [-0.1, -0.05) is 36.4 Å². The summed E-state index contributed by atoms with van der Waals surface area (Å²) in [5, 5.41) is 2.91. The number of nitrogens with one attached hydrogen (secondary N) is 1. The van der Waals surface area contributed by atoms with E-state index in [1.54, 1.807) is 6.20 Å². The fraction of sp³-hybridized carbons (Fsp3) is 0.154. The quantitative estimate of drug-likeness (QED) is 0.766. The van der Waals surface area contributed by atoms with Crippen LogP contribution in [0, 0.1) is 0 Å². The zero-order chi connectivity index (χ0) is 11.4. The third kappa shape index (κ3) is 1.98. The third-order valence-electron chi connectivity index (χ3n) is 2.54. The zero-order valence-electron chi connectivity index (χ0n) is 9.01. The Hall–Kier alpha value is -2.03. The van der Waals surface area contributed by atoms with Gasteiger partial charge in [-0.15, -0.1) is 0 Å². The molecule has 0 radical (unpaired) electrons. The summed E-state index contributed by atoms with van der Waals surface area (Å²) >= 11 is 0. The number of esters is 1. The first kappa shape index (κ1) is 10.5. The lowest BCUT2D eigenvalue weighted by Crippen LogP contribution is -2.18. The molecule has 3 nitrogen and oxygen atoms in total. The average Bonchev–Trinajstić information content (AvgIpc) is 2.39. The lowest BCUT2D eigenvalue weighted by Gasteiger charge is -2.18. The molecule has 1 atom stereocenters. The van der Waals surface area contributed by atoms with Crippen molar-refractivity contribution >= 4 is 5.97 Å². The summed E-state index contributed by atoms with van der Waals surface area (Å²) in [7, 11) is 1.39. The van der Waals surface area contributed by atoms with E-state index in [0.29, 0.717) is 5.57 Å². The molecular weight excluding hydrogens is 202 g/mol. The lowest BCUT2D eigenvalue weighted by atomic mass is 9.90. The van der Waals surface area contributed by atoms with Gasteiger partial charge in [-0.2, -0.15) is 0 Å². The number of hydrogen-bond donors (Lipinski definition) is 1. The Labute approximate surface area is 94.4 Å². The molecule has 1 aliphatic rings. The summed E-state index contributed by atoms with van der Waals surface area (Å²) in [6.07, 6.45) is 5.45. The fourth-order valence-electron chi connectivity index (χ4n) is 1.74. The maximum absolute atomic E-state index is 11.6. The average molecular weight is 215 g/mol. The number of allylic oxidation sites excluding steroid dienone is 1. The number of rotatable bonds is 2. The highest BCUT2D eigenvalue weighted by molar-refractivity contribution is 5.91. The minimum absolute atomic E-state index is 0.0325. The molecule has 82 valence electrons. The second-order valence-corrected chi connectivity index (χ2v) is 3.51. The summed E-state index contributed by atoms with van der Waals surface area (Å²) in [5.41, 5.74) is 1.70. The molecule has 1 N–H and O–H groups in total. The predicted octanol–water partition coefficient (Wildman–Crippen LogP) is 1.94. The largest absolute Gasteiger partial charge is 0.466 e. The molecule has 0 spiro atoms. The number of dihydropyridines is 1. The van der Waals surface area contributed by atoms with E-state index in [4.69, 9.17) is 4.74 Å². The monoisotopic (exact) mass is 215 g/mol. The predicted molar refractivity (Wildman–Crippen MR) is 61.6 cm³/mol. The zero-order valence-corrected chi connectivity index (χ0v) is 9.01. The maximum atomic E-state index is 11.6. The fourth-order valence-corrected chi connectivity index (χ4v) is 1.74. The van der Waals surface area contributed by atoms with E-state index in [2.05, 4.69) is 5.32 Å². The Morgan fingerprint density at radius 1 is 1.31 bits per heavy atom. The number of hydrogen-bond acceptors (Lipinski definition) is 3. The molecule has 0 saturated heterocycles. The summed E-state index contributed by atoms with van der Waals surface area (Å²) < 4.78 is 4.76. The maximum Gasteiger partial charge on any atom is 0.336 e. The molecule has 0 bridgehead atoms. The van der Waals surface area contributed by atoms with E-state index in [1.165, 1.54) is 7.11 Å². The standard InChI is InChI=1S/C13H13NO2/c1-16-13(15)12-9-14-8-7-11(12)10-5-3-2-4-6-10/h2-9,11,14H,1H3/t11-/m1/s1. The van der Waals surface area contributed by atoms with Gasteiger partial charge in [0.05, 0.1) is 12.7 Å². The van der Waals surface area contributed by atoms with E-state index in [-0.39, 0.29) is 11.9 Å².